The van der Waals surface area contributed by atoms with E-state index in [1.54, 1.807) is 19.1 Å². The van der Waals surface area contributed by atoms with Gasteiger partial charge in [-0.1, -0.05) is 11.9 Å². The maximum atomic E-state index is 5.00. The first-order chi connectivity index (χ1) is 4.34. The third-order valence-corrected chi connectivity index (χ3v) is 2.47. The van der Waals surface area contributed by atoms with E-state index in [-0.39, 0.29) is 0 Å². The van der Waals surface area contributed by atoms with Gasteiger partial charge in [0.05, 0.1) is 11.9 Å². The summed E-state index contributed by atoms with van der Waals surface area (Å²) in [6, 6.07) is 0.509. The lowest BCUT2D eigenvalue weighted by molar-refractivity contribution is 0.193. The van der Waals surface area contributed by atoms with E-state index in [1.165, 1.54) is 0 Å². The van der Waals surface area contributed by atoms with Gasteiger partial charge in [0, 0.05) is 13.2 Å². The Kier molecular flexibility index (Phi) is 2.78. The second-order valence-corrected chi connectivity index (χ2v) is 3.19. The smallest absolute Gasteiger partial charge is 0.0610 e. The monoisotopic (exact) mass is 148 g/mol. The molecule has 1 heterocycles. The number of rotatable bonds is 2. The third kappa shape index (κ3) is 1.82. The Hall–Kier alpha value is 0.230. The standard InChI is InChI=1S/C5H12N2OS/c1-4-5(3-8-2)9-7-6-4/h4-7H,3H2,1-2H3. The average molecular weight is 148 g/mol. The van der Waals surface area contributed by atoms with Crippen molar-refractivity contribution in [3.63, 3.8) is 0 Å². The predicted octanol–water partition coefficient (Wildman–Crippen LogP) is 0.146. The summed E-state index contributed by atoms with van der Waals surface area (Å²) in [5.74, 6) is 0. The summed E-state index contributed by atoms with van der Waals surface area (Å²) in [7, 11) is 1.73. The predicted molar refractivity (Wildman–Crippen MR) is 39.0 cm³/mol. The zero-order valence-corrected chi connectivity index (χ0v) is 6.49. The largest absolute Gasteiger partial charge is 0.383 e. The Balaban J connectivity index is 2.22. The molecule has 0 radical (unpaired) electrons. The van der Waals surface area contributed by atoms with Crippen LogP contribution in [0.25, 0.3) is 0 Å². The van der Waals surface area contributed by atoms with Crippen molar-refractivity contribution in [3.05, 3.63) is 0 Å². The zero-order chi connectivity index (χ0) is 6.69. The van der Waals surface area contributed by atoms with Crippen molar-refractivity contribution in [1.82, 2.24) is 10.3 Å². The molecule has 0 spiro atoms. The van der Waals surface area contributed by atoms with Gasteiger partial charge in [0.1, 0.15) is 0 Å². The molecule has 3 nitrogen and oxygen atoms in total. The number of methoxy groups -OCH3 is 1. The summed E-state index contributed by atoms with van der Waals surface area (Å²) in [4.78, 5) is 2.99. The molecule has 54 valence electrons. The van der Waals surface area contributed by atoms with E-state index >= 15 is 0 Å². The molecule has 0 bridgehead atoms. The number of ether oxygens (including phenoxy) is 1. The lowest BCUT2D eigenvalue weighted by atomic mass is 10.2. The SMILES string of the molecule is COCC1SNNC1C. The normalized spacial score (nSPS) is 35.3. The number of hydrogen-bond donors (Lipinski definition) is 2. The van der Waals surface area contributed by atoms with Crippen LogP contribution in [0.3, 0.4) is 0 Å². The molecule has 2 atom stereocenters. The average Bonchev–Trinajstić information content (AvgIpc) is 2.18. The quantitative estimate of drug-likeness (QED) is 0.546. The molecule has 0 aromatic heterocycles. The van der Waals surface area contributed by atoms with Crippen LogP contribution in [0.1, 0.15) is 6.92 Å². The molecule has 1 saturated heterocycles. The molecule has 1 fully saturated rings. The van der Waals surface area contributed by atoms with E-state index in [1.807, 2.05) is 0 Å². The zero-order valence-electron chi connectivity index (χ0n) is 5.68. The summed E-state index contributed by atoms with van der Waals surface area (Å²) >= 11 is 1.69. The van der Waals surface area contributed by atoms with Crippen LogP contribution in [0.4, 0.5) is 0 Å². The van der Waals surface area contributed by atoms with Gasteiger partial charge in [0.25, 0.3) is 0 Å². The van der Waals surface area contributed by atoms with Crippen molar-refractivity contribution in [2.75, 3.05) is 13.7 Å². The summed E-state index contributed by atoms with van der Waals surface area (Å²) in [5, 5.41) is 0.551. The first-order valence-electron chi connectivity index (χ1n) is 2.99. The molecule has 2 unspecified atom stereocenters. The van der Waals surface area contributed by atoms with Gasteiger partial charge in [-0.2, -0.15) is 0 Å². The highest BCUT2D eigenvalue weighted by Gasteiger charge is 2.22. The van der Waals surface area contributed by atoms with Crippen LogP contribution in [-0.4, -0.2) is 25.0 Å². The first kappa shape index (κ1) is 7.34. The van der Waals surface area contributed by atoms with E-state index in [0.29, 0.717) is 11.3 Å². The maximum Gasteiger partial charge on any atom is 0.0610 e. The third-order valence-electron chi connectivity index (χ3n) is 1.39. The van der Waals surface area contributed by atoms with E-state index in [2.05, 4.69) is 17.2 Å². The molecule has 1 aliphatic rings. The molecule has 1 rings (SSSR count). The fourth-order valence-corrected chi connectivity index (χ4v) is 1.62. The Labute approximate surface area is 59.6 Å². The van der Waals surface area contributed by atoms with Crippen LogP contribution >= 0.6 is 11.9 Å². The van der Waals surface area contributed by atoms with Gasteiger partial charge < -0.3 is 4.74 Å². The van der Waals surface area contributed by atoms with Crippen molar-refractivity contribution < 1.29 is 4.74 Å². The fraction of sp³-hybridized carbons (Fsp3) is 1.00. The van der Waals surface area contributed by atoms with Crippen molar-refractivity contribution in [1.29, 1.82) is 0 Å². The van der Waals surface area contributed by atoms with Crippen molar-refractivity contribution in [2.45, 2.75) is 18.2 Å². The van der Waals surface area contributed by atoms with Crippen molar-refractivity contribution >= 4 is 11.9 Å². The molecule has 0 amide bonds. The number of hydrazine groups is 1. The minimum atomic E-state index is 0.509. The van der Waals surface area contributed by atoms with Crippen LogP contribution < -0.4 is 10.3 Å². The molecule has 0 aliphatic carbocycles. The summed E-state index contributed by atoms with van der Waals surface area (Å²) in [6.45, 7) is 2.95. The van der Waals surface area contributed by atoms with E-state index in [4.69, 9.17) is 4.74 Å². The highest BCUT2D eigenvalue weighted by molar-refractivity contribution is 7.98. The van der Waals surface area contributed by atoms with Gasteiger partial charge in [0.2, 0.25) is 0 Å². The van der Waals surface area contributed by atoms with Crippen LogP contribution in [0.15, 0.2) is 0 Å². The molecule has 2 N–H and O–H groups in total. The highest BCUT2D eigenvalue weighted by Crippen LogP contribution is 2.15. The fourth-order valence-electron chi connectivity index (χ4n) is 0.740. The topological polar surface area (TPSA) is 33.3 Å². The lowest BCUT2D eigenvalue weighted by Gasteiger charge is -2.09. The number of hydrogen-bond acceptors (Lipinski definition) is 4. The van der Waals surface area contributed by atoms with Crippen LogP contribution in [0.2, 0.25) is 0 Å². The Morgan fingerprint density at radius 2 is 2.44 bits per heavy atom. The maximum absolute atomic E-state index is 5.00. The molecule has 0 aromatic rings. The van der Waals surface area contributed by atoms with E-state index in [0.717, 1.165) is 6.61 Å². The first-order valence-corrected chi connectivity index (χ1v) is 3.87. The lowest BCUT2D eigenvalue weighted by Crippen LogP contribution is -2.31. The second kappa shape index (κ2) is 3.41. The Bertz CT molecular complexity index is 91.0. The second-order valence-electron chi connectivity index (χ2n) is 2.15. The van der Waals surface area contributed by atoms with Gasteiger partial charge in [0.15, 0.2) is 0 Å². The van der Waals surface area contributed by atoms with Crippen molar-refractivity contribution in [2.24, 2.45) is 0 Å². The van der Waals surface area contributed by atoms with Crippen molar-refractivity contribution in [3.8, 4) is 0 Å². The Morgan fingerprint density at radius 1 is 1.67 bits per heavy atom. The van der Waals surface area contributed by atoms with Crippen LogP contribution in [-0.2, 0) is 4.74 Å². The minimum absolute atomic E-state index is 0.509. The van der Waals surface area contributed by atoms with Gasteiger partial charge >= 0.3 is 0 Å². The molecule has 9 heavy (non-hydrogen) atoms. The minimum Gasteiger partial charge on any atom is -0.383 e. The molecule has 4 heteroatoms. The van der Waals surface area contributed by atoms with Gasteiger partial charge in [-0.15, -0.1) is 0 Å². The molecular formula is C5H12N2OS. The van der Waals surface area contributed by atoms with Crippen LogP contribution in [0, 0.1) is 0 Å². The number of nitrogens with one attached hydrogen (secondary N) is 2. The van der Waals surface area contributed by atoms with Gasteiger partial charge in [-0.3, -0.25) is 0 Å². The van der Waals surface area contributed by atoms with Crippen LogP contribution in [0.5, 0.6) is 0 Å². The van der Waals surface area contributed by atoms with Gasteiger partial charge in [-0.25, -0.2) is 10.3 Å². The van der Waals surface area contributed by atoms with Gasteiger partial charge in [-0.05, 0) is 6.92 Å². The Morgan fingerprint density at radius 3 is 2.89 bits per heavy atom. The molecule has 1 aliphatic heterocycles. The highest BCUT2D eigenvalue weighted by atomic mass is 32.2. The van der Waals surface area contributed by atoms with E-state index in [9.17, 15) is 0 Å². The summed E-state index contributed by atoms with van der Waals surface area (Å²) in [5.41, 5.74) is 3.09. The molecule has 0 saturated carbocycles. The molecule has 0 aromatic carbocycles. The molecular weight excluding hydrogens is 136 g/mol. The summed E-state index contributed by atoms with van der Waals surface area (Å²) < 4.78 is 5.00. The summed E-state index contributed by atoms with van der Waals surface area (Å²) in [6.07, 6.45) is 0. The van der Waals surface area contributed by atoms with E-state index < -0.39 is 0 Å².